The van der Waals surface area contributed by atoms with Crippen molar-refractivity contribution in [3.8, 4) is 10.7 Å². The van der Waals surface area contributed by atoms with E-state index >= 15 is 0 Å². The fourth-order valence-corrected chi connectivity index (χ4v) is 3.36. The number of amides is 1. The SMILES string of the molecule is O=C(CCc1cccc(F)c1)NCCCCCc1nc(-c2cccs2)no1. The summed E-state index contributed by atoms with van der Waals surface area (Å²) in [6.45, 7) is 0.645. The van der Waals surface area contributed by atoms with Crippen molar-refractivity contribution in [2.24, 2.45) is 0 Å². The summed E-state index contributed by atoms with van der Waals surface area (Å²) in [7, 11) is 0. The van der Waals surface area contributed by atoms with Gasteiger partial charge in [0.25, 0.3) is 0 Å². The lowest BCUT2D eigenvalue weighted by molar-refractivity contribution is -0.121. The number of thiophene rings is 1. The van der Waals surface area contributed by atoms with Gasteiger partial charge in [-0.05, 0) is 48.4 Å². The number of rotatable bonds is 10. The summed E-state index contributed by atoms with van der Waals surface area (Å²) < 4.78 is 18.4. The highest BCUT2D eigenvalue weighted by Crippen LogP contribution is 2.21. The molecule has 0 spiro atoms. The van der Waals surface area contributed by atoms with Crippen molar-refractivity contribution in [1.29, 1.82) is 0 Å². The molecule has 0 saturated carbocycles. The van der Waals surface area contributed by atoms with E-state index in [2.05, 4.69) is 15.5 Å². The molecule has 2 heterocycles. The number of unbranched alkanes of at least 4 members (excludes halogenated alkanes) is 2. The number of aromatic nitrogens is 2. The van der Waals surface area contributed by atoms with Crippen LogP contribution in [0.15, 0.2) is 46.3 Å². The summed E-state index contributed by atoms with van der Waals surface area (Å²) in [5, 5.41) is 8.88. The van der Waals surface area contributed by atoms with Crippen LogP contribution in [0.3, 0.4) is 0 Å². The Labute approximate surface area is 161 Å². The molecule has 0 atom stereocenters. The molecular formula is C20H22FN3O2S. The first-order chi connectivity index (χ1) is 13.2. The van der Waals surface area contributed by atoms with Crippen molar-refractivity contribution >= 4 is 17.2 Å². The quantitative estimate of drug-likeness (QED) is 0.524. The molecule has 2 aromatic heterocycles. The monoisotopic (exact) mass is 387 g/mol. The maximum absolute atomic E-state index is 13.1. The minimum absolute atomic E-state index is 0.00301. The number of carbonyl (C=O) groups is 1. The van der Waals surface area contributed by atoms with Crippen LogP contribution in [-0.4, -0.2) is 22.6 Å². The molecule has 1 aromatic carbocycles. The maximum atomic E-state index is 13.1. The number of aryl methyl sites for hydroxylation is 2. The first kappa shape index (κ1) is 19.2. The highest BCUT2D eigenvalue weighted by molar-refractivity contribution is 7.13. The van der Waals surface area contributed by atoms with E-state index in [0.29, 0.717) is 31.1 Å². The van der Waals surface area contributed by atoms with Gasteiger partial charge in [0.1, 0.15) is 5.82 Å². The fourth-order valence-electron chi connectivity index (χ4n) is 2.71. The third-order valence-electron chi connectivity index (χ3n) is 4.13. The Morgan fingerprint density at radius 3 is 2.89 bits per heavy atom. The lowest BCUT2D eigenvalue weighted by Crippen LogP contribution is -2.24. The van der Waals surface area contributed by atoms with E-state index in [1.807, 2.05) is 23.6 Å². The van der Waals surface area contributed by atoms with Crippen molar-refractivity contribution in [2.75, 3.05) is 6.54 Å². The molecule has 1 N–H and O–H groups in total. The van der Waals surface area contributed by atoms with Crippen LogP contribution in [0.2, 0.25) is 0 Å². The molecule has 0 saturated heterocycles. The third-order valence-corrected chi connectivity index (χ3v) is 4.99. The molecule has 5 nitrogen and oxygen atoms in total. The highest BCUT2D eigenvalue weighted by Gasteiger charge is 2.09. The molecule has 0 fully saturated rings. The smallest absolute Gasteiger partial charge is 0.226 e. The number of nitrogens with zero attached hydrogens (tertiary/aromatic N) is 2. The predicted octanol–water partition coefficient (Wildman–Crippen LogP) is 4.40. The van der Waals surface area contributed by atoms with E-state index in [1.54, 1.807) is 17.4 Å². The van der Waals surface area contributed by atoms with Gasteiger partial charge < -0.3 is 9.84 Å². The molecule has 3 rings (SSSR count). The summed E-state index contributed by atoms with van der Waals surface area (Å²) in [6.07, 6.45) is 4.47. The van der Waals surface area contributed by atoms with Gasteiger partial charge in [0.05, 0.1) is 4.88 Å². The summed E-state index contributed by atoms with van der Waals surface area (Å²) in [5.41, 5.74) is 0.839. The molecule has 142 valence electrons. The molecule has 27 heavy (non-hydrogen) atoms. The molecule has 0 unspecified atom stereocenters. The first-order valence-corrected chi connectivity index (χ1v) is 9.96. The number of nitrogens with one attached hydrogen (secondary N) is 1. The highest BCUT2D eigenvalue weighted by atomic mass is 32.1. The molecule has 0 aliphatic heterocycles. The van der Waals surface area contributed by atoms with Gasteiger partial charge in [-0.25, -0.2) is 4.39 Å². The molecule has 1 amide bonds. The Kier molecular flexibility index (Phi) is 7.10. The van der Waals surface area contributed by atoms with Crippen LogP contribution in [-0.2, 0) is 17.6 Å². The van der Waals surface area contributed by atoms with Gasteiger partial charge >= 0.3 is 0 Å². The summed E-state index contributed by atoms with van der Waals surface area (Å²) in [6, 6.07) is 10.3. The Morgan fingerprint density at radius 1 is 1.15 bits per heavy atom. The van der Waals surface area contributed by atoms with Crippen LogP contribution in [0.5, 0.6) is 0 Å². The fraction of sp³-hybridized carbons (Fsp3) is 0.350. The zero-order valence-corrected chi connectivity index (χ0v) is 15.8. The summed E-state index contributed by atoms with van der Waals surface area (Å²) in [5.74, 6) is 1.02. The van der Waals surface area contributed by atoms with Crippen LogP contribution in [0, 0.1) is 5.82 Å². The minimum atomic E-state index is -0.267. The van der Waals surface area contributed by atoms with E-state index in [-0.39, 0.29) is 11.7 Å². The van der Waals surface area contributed by atoms with Gasteiger partial charge in [-0.2, -0.15) is 4.98 Å². The van der Waals surface area contributed by atoms with E-state index in [4.69, 9.17) is 4.52 Å². The lowest BCUT2D eigenvalue weighted by Gasteiger charge is -2.05. The second-order valence-corrected chi connectivity index (χ2v) is 7.23. The molecule has 0 aliphatic rings. The molecule has 7 heteroatoms. The van der Waals surface area contributed by atoms with Crippen molar-refractivity contribution in [2.45, 2.75) is 38.5 Å². The number of hydrogen-bond acceptors (Lipinski definition) is 5. The Balaban J connectivity index is 1.25. The van der Waals surface area contributed by atoms with Gasteiger partial charge in [-0.15, -0.1) is 11.3 Å². The first-order valence-electron chi connectivity index (χ1n) is 9.08. The van der Waals surface area contributed by atoms with Crippen LogP contribution in [0.4, 0.5) is 4.39 Å². The average molecular weight is 387 g/mol. The van der Waals surface area contributed by atoms with Crippen molar-refractivity contribution in [3.63, 3.8) is 0 Å². The van der Waals surface area contributed by atoms with E-state index < -0.39 is 0 Å². The second-order valence-electron chi connectivity index (χ2n) is 6.28. The van der Waals surface area contributed by atoms with Crippen molar-refractivity contribution < 1.29 is 13.7 Å². The average Bonchev–Trinajstić information content (AvgIpc) is 3.34. The van der Waals surface area contributed by atoms with Crippen LogP contribution >= 0.6 is 11.3 Å². The number of halogens is 1. The number of benzene rings is 1. The third kappa shape index (κ3) is 6.29. The van der Waals surface area contributed by atoms with Crippen molar-refractivity contribution in [3.05, 3.63) is 59.0 Å². The number of hydrogen-bond donors (Lipinski definition) is 1. The molecule has 3 aromatic rings. The minimum Gasteiger partial charge on any atom is -0.356 e. The van der Waals surface area contributed by atoms with E-state index in [9.17, 15) is 9.18 Å². The molecule has 0 radical (unpaired) electrons. The van der Waals surface area contributed by atoms with Crippen LogP contribution < -0.4 is 5.32 Å². The van der Waals surface area contributed by atoms with E-state index in [0.717, 1.165) is 36.1 Å². The topological polar surface area (TPSA) is 68.0 Å². The van der Waals surface area contributed by atoms with Gasteiger partial charge in [0, 0.05) is 19.4 Å². The number of carbonyl (C=O) groups excluding carboxylic acids is 1. The molecule has 0 aliphatic carbocycles. The Bertz CT molecular complexity index is 849. The summed E-state index contributed by atoms with van der Waals surface area (Å²) >= 11 is 1.59. The zero-order chi connectivity index (χ0) is 18.9. The van der Waals surface area contributed by atoms with Crippen LogP contribution in [0.25, 0.3) is 10.7 Å². The Hall–Kier alpha value is -2.54. The van der Waals surface area contributed by atoms with Gasteiger partial charge in [0.15, 0.2) is 0 Å². The maximum Gasteiger partial charge on any atom is 0.226 e. The zero-order valence-electron chi connectivity index (χ0n) is 15.0. The van der Waals surface area contributed by atoms with Gasteiger partial charge in [0.2, 0.25) is 17.6 Å². The van der Waals surface area contributed by atoms with E-state index in [1.165, 1.54) is 12.1 Å². The Morgan fingerprint density at radius 2 is 2.07 bits per heavy atom. The normalized spacial score (nSPS) is 10.9. The lowest BCUT2D eigenvalue weighted by atomic mass is 10.1. The second kappa shape index (κ2) is 9.97. The van der Waals surface area contributed by atoms with Gasteiger partial charge in [-0.3, -0.25) is 4.79 Å². The largest absolute Gasteiger partial charge is 0.356 e. The molecular weight excluding hydrogens is 365 g/mol. The molecule has 0 bridgehead atoms. The standard InChI is InChI=1S/C20H22FN3O2S/c21-16-7-4-6-15(14-16)10-11-18(25)22-12-3-1-2-9-19-23-20(24-26-19)17-8-5-13-27-17/h4-8,13-14H,1-3,9-12H2,(H,22,25). The van der Waals surface area contributed by atoms with Gasteiger partial charge in [-0.1, -0.05) is 29.8 Å². The summed E-state index contributed by atoms with van der Waals surface area (Å²) in [4.78, 5) is 17.2. The predicted molar refractivity (Wildman–Crippen MR) is 103 cm³/mol. The van der Waals surface area contributed by atoms with Crippen LogP contribution in [0.1, 0.15) is 37.1 Å². The van der Waals surface area contributed by atoms with Crippen molar-refractivity contribution in [1.82, 2.24) is 15.5 Å².